The second kappa shape index (κ2) is 9.90. The maximum absolute atomic E-state index is 6.32. The van der Waals surface area contributed by atoms with Gasteiger partial charge in [0.15, 0.2) is 0 Å². The normalized spacial score (nSPS) is 17.1. The van der Waals surface area contributed by atoms with Crippen molar-refractivity contribution in [2.75, 3.05) is 6.54 Å². The van der Waals surface area contributed by atoms with Gasteiger partial charge in [-0.15, -0.1) is 0 Å². The number of oxime groups is 1. The van der Waals surface area contributed by atoms with Crippen molar-refractivity contribution in [2.45, 2.75) is 52.4 Å². The van der Waals surface area contributed by atoms with Crippen LogP contribution in [0, 0.1) is 0 Å². The SMILES string of the molecule is C=NOC(=NCc1ccc(OC(C)C)c(Cl)c1)c1ccc(CN2CCC2C)cc1. The van der Waals surface area contributed by atoms with E-state index in [9.17, 15) is 0 Å². The molecule has 0 spiro atoms. The van der Waals surface area contributed by atoms with Gasteiger partial charge in [0.2, 0.25) is 0 Å². The van der Waals surface area contributed by atoms with E-state index in [4.69, 9.17) is 21.2 Å². The van der Waals surface area contributed by atoms with Crippen molar-refractivity contribution in [3.63, 3.8) is 0 Å². The van der Waals surface area contributed by atoms with Gasteiger partial charge in [0.25, 0.3) is 5.90 Å². The number of rotatable bonds is 8. The largest absolute Gasteiger partial charge is 0.489 e. The van der Waals surface area contributed by atoms with Crippen LogP contribution in [0.15, 0.2) is 52.6 Å². The smallest absolute Gasteiger partial charge is 0.251 e. The molecule has 2 aromatic rings. The Morgan fingerprint density at radius 1 is 1.21 bits per heavy atom. The Balaban J connectivity index is 1.69. The van der Waals surface area contributed by atoms with Crippen molar-refractivity contribution in [1.82, 2.24) is 4.90 Å². The number of aliphatic imine (C=N–C) groups is 1. The van der Waals surface area contributed by atoms with E-state index >= 15 is 0 Å². The van der Waals surface area contributed by atoms with E-state index in [1.165, 1.54) is 18.5 Å². The molecule has 154 valence electrons. The Morgan fingerprint density at radius 2 is 1.93 bits per heavy atom. The fraction of sp³-hybridized carbons (Fsp3) is 0.391. The lowest BCUT2D eigenvalue weighted by atomic mass is 10.0. The van der Waals surface area contributed by atoms with E-state index in [0.29, 0.717) is 29.3 Å². The molecule has 1 saturated heterocycles. The molecule has 0 aliphatic carbocycles. The van der Waals surface area contributed by atoms with Crippen molar-refractivity contribution in [3.05, 3.63) is 64.2 Å². The van der Waals surface area contributed by atoms with Gasteiger partial charge in [-0.3, -0.25) is 4.90 Å². The van der Waals surface area contributed by atoms with Gasteiger partial charge < -0.3 is 9.57 Å². The summed E-state index contributed by atoms with van der Waals surface area (Å²) in [6, 6.07) is 14.6. The van der Waals surface area contributed by atoms with Crippen molar-refractivity contribution in [3.8, 4) is 5.75 Å². The summed E-state index contributed by atoms with van der Waals surface area (Å²) < 4.78 is 5.67. The maximum Gasteiger partial charge on any atom is 0.251 e. The second-order valence-electron chi connectivity index (χ2n) is 7.58. The Labute approximate surface area is 178 Å². The zero-order chi connectivity index (χ0) is 20.8. The molecule has 0 radical (unpaired) electrons. The van der Waals surface area contributed by atoms with Gasteiger partial charge in [0.05, 0.1) is 17.7 Å². The van der Waals surface area contributed by atoms with E-state index in [-0.39, 0.29) is 6.10 Å². The molecule has 29 heavy (non-hydrogen) atoms. The Kier molecular flexibility index (Phi) is 7.29. The first-order valence-electron chi connectivity index (χ1n) is 9.92. The number of ether oxygens (including phenoxy) is 1. The van der Waals surface area contributed by atoms with E-state index in [2.05, 4.69) is 40.8 Å². The van der Waals surface area contributed by atoms with Crippen LogP contribution < -0.4 is 4.74 Å². The number of likely N-dealkylation sites (tertiary alicyclic amines) is 1. The first-order valence-corrected chi connectivity index (χ1v) is 10.3. The minimum atomic E-state index is 0.0716. The molecule has 6 heteroatoms. The molecule has 1 aliphatic rings. The summed E-state index contributed by atoms with van der Waals surface area (Å²) in [4.78, 5) is 12.3. The molecule has 0 amide bonds. The summed E-state index contributed by atoms with van der Waals surface area (Å²) in [7, 11) is 0. The third kappa shape index (κ3) is 5.81. The van der Waals surface area contributed by atoms with Crippen LogP contribution in [-0.4, -0.2) is 36.2 Å². The first-order chi connectivity index (χ1) is 14.0. The number of benzene rings is 2. The third-order valence-corrected chi connectivity index (χ3v) is 5.25. The molecule has 1 unspecified atom stereocenters. The van der Waals surface area contributed by atoms with Gasteiger partial charge in [-0.1, -0.05) is 35.0 Å². The van der Waals surface area contributed by atoms with Gasteiger partial charge in [-0.2, -0.15) is 0 Å². The van der Waals surface area contributed by atoms with E-state index < -0.39 is 0 Å². The van der Waals surface area contributed by atoms with Gasteiger partial charge in [-0.05, 0) is 62.6 Å². The highest BCUT2D eigenvalue weighted by molar-refractivity contribution is 6.32. The van der Waals surface area contributed by atoms with Gasteiger partial charge >= 0.3 is 0 Å². The molecule has 2 aromatic carbocycles. The highest BCUT2D eigenvalue weighted by Crippen LogP contribution is 2.27. The number of hydrogen-bond acceptors (Lipinski definition) is 5. The number of halogens is 1. The molecule has 1 atom stereocenters. The molecule has 1 aliphatic heterocycles. The average molecular weight is 414 g/mol. The quantitative estimate of drug-likeness (QED) is 0.335. The number of nitrogens with zero attached hydrogens (tertiary/aromatic N) is 3. The topological polar surface area (TPSA) is 46.4 Å². The second-order valence-corrected chi connectivity index (χ2v) is 7.99. The molecular formula is C23H28ClN3O2. The minimum Gasteiger partial charge on any atom is -0.489 e. The van der Waals surface area contributed by atoms with Gasteiger partial charge in [0.1, 0.15) is 5.75 Å². The van der Waals surface area contributed by atoms with Crippen LogP contribution in [0.25, 0.3) is 0 Å². The standard InChI is InChI=1S/C23H28ClN3O2/c1-16(2)28-22-10-7-19(13-21(22)24)14-26-23(29-25-4)20-8-5-18(6-9-20)15-27-12-11-17(27)3/h5-10,13,16-17H,4,11-12,14-15H2,1-3H3. The summed E-state index contributed by atoms with van der Waals surface area (Å²) in [5.41, 5.74) is 3.10. The summed E-state index contributed by atoms with van der Waals surface area (Å²) >= 11 is 6.32. The molecule has 3 rings (SSSR count). The molecule has 0 aromatic heterocycles. The van der Waals surface area contributed by atoms with Crippen molar-refractivity contribution in [2.24, 2.45) is 10.1 Å². The van der Waals surface area contributed by atoms with Gasteiger partial charge in [-0.25, -0.2) is 4.99 Å². The average Bonchev–Trinajstić information content (AvgIpc) is 2.70. The fourth-order valence-corrected chi connectivity index (χ4v) is 3.43. The number of hydrogen-bond donors (Lipinski definition) is 0. The lowest BCUT2D eigenvalue weighted by Gasteiger charge is -2.38. The minimum absolute atomic E-state index is 0.0716. The molecule has 1 fully saturated rings. The Hall–Kier alpha value is -2.37. The van der Waals surface area contributed by atoms with Gasteiger partial charge in [0, 0.05) is 31.4 Å². The van der Waals surface area contributed by atoms with E-state index in [1.807, 2.05) is 44.2 Å². The van der Waals surface area contributed by atoms with E-state index in [0.717, 1.165) is 17.7 Å². The van der Waals surface area contributed by atoms with Crippen molar-refractivity contribution >= 4 is 24.2 Å². The van der Waals surface area contributed by atoms with Crippen molar-refractivity contribution < 1.29 is 9.57 Å². The van der Waals surface area contributed by atoms with Crippen LogP contribution in [0.5, 0.6) is 5.75 Å². The first kappa shape index (κ1) is 21.3. The summed E-state index contributed by atoms with van der Waals surface area (Å²) in [5, 5.41) is 4.13. The Morgan fingerprint density at radius 3 is 2.48 bits per heavy atom. The van der Waals surface area contributed by atoms with Crippen LogP contribution in [0.3, 0.4) is 0 Å². The summed E-state index contributed by atoms with van der Waals surface area (Å²) in [6.45, 7) is 12.2. The predicted molar refractivity (Wildman–Crippen MR) is 119 cm³/mol. The van der Waals surface area contributed by atoms with Crippen LogP contribution >= 0.6 is 11.6 Å². The summed E-state index contributed by atoms with van der Waals surface area (Å²) in [5.74, 6) is 1.10. The molecule has 0 saturated carbocycles. The van der Waals surface area contributed by atoms with Crippen molar-refractivity contribution in [1.29, 1.82) is 0 Å². The van der Waals surface area contributed by atoms with Crippen LogP contribution in [0.2, 0.25) is 5.02 Å². The zero-order valence-electron chi connectivity index (χ0n) is 17.3. The lowest BCUT2D eigenvalue weighted by Crippen LogP contribution is -2.44. The molecule has 5 nitrogen and oxygen atoms in total. The molecular weight excluding hydrogens is 386 g/mol. The summed E-state index contributed by atoms with van der Waals surface area (Å²) in [6.07, 6.45) is 1.35. The highest BCUT2D eigenvalue weighted by Gasteiger charge is 2.23. The molecule has 0 bridgehead atoms. The van der Waals surface area contributed by atoms with Crippen LogP contribution in [0.1, 0.15) is 43.9 Å². The van der Waals surface area contributed by atoms with E-state index in [1.54, 1.807) is 0 Å². The molecule has 1 heterocycles. The lowest BCUT2D eigenvalue weighted by molar-refractivity contribution is 0.0959. The van der Waals surface area contributed by atoms with Crippen LogP contribution in [0.4, 0.5) is 0 Å². The fourth-order valence-electron chi connectivity index (χ4n) is 3.18. The third-order valence-electron chi connectivity index (χ3n) is 4.96. The maximum atomic E-state index is 6.32. The zero-order valence-corrected chi connectivity index (χ0v) is 18.0. The van der Waals surface area contributed by atoms with Crippen LogP contribution in [-0.2, 0) is 17.9 Å². The predicted octanol–water partition coefficient (Wildman–Crippen LogP) is 5.30. The monoisotopic (exact) mass is 413 g/mol. The Bertz CT molecular complexity index is 865. The molecule has 0 N–H and O–H groups in total. The highest BCUT2D eigenvalue weighted by atomic mass is 35.5.